The van der Waals surface area contributed by atoms with Crippen LogP contribution in [0.1, 0.15) is 18.0 Å². The Balaban J connectivity index is 2.51. The number of nitrogens with one attached hydrogen (secondary N) is 2. The van der Waals surface area contributed by atoms with Gasteiger partial charge in [0.25, 0.3) is 0 Å². The SMILES string of the molecule is NC(=O)OCCNC(=O)NC(CC(=O)O)c1ccccc1. The van der Waals surface area contributed by atoms with Crippen molar-refractivity contribution in [2.45, 2.75) is 12.5 Å². The zero-order valence-corrected chi connectivity index (χ0v) is 11.2. The Morgan fingerprint density at radius 2 is 1.90 bits per heavy atom. The molecule has 0 bridgehead atoms. The summed E-state index contributed by atoms with van der Waals surface area (Å²) >= 11 is 0. The van der Waals surface area contributed by atoms with Gasteiger partial charge in [0.2, 0.25) is 0 Å². The molecule has 3 amide bonds. The number of aliphatic carboxylic acids is 1. The van der Waals surface area contributed by atoms with Gasteiger partial charge in [-0.3, -0.25) is 4.79 Å². The number of amides is 3. The van der Waals surface area contributed by atoms with Crippen molar-refractivity contribution >= 4 is 18.1 Å². The third kappa shape index (κ3) is 6.81. The summed E-state index contributed by atoms with van der Waals surface area (Å²) in [5.74, 6) is -1.03. The minimum atomic E-state index is -1.03. The summed E-state index contributed by atoms with van der Waals surface area (Å²) in [6, 6.07) is 7.55. The predicted octanol–water partition coefficient (Wildman–Crippen LogP) is 0.597. The van der Waals surface area contributed by atoms with Crippen LogP contribution in [0, 0.1) is 0 Å². The number of carbonyl (C=O) groups excluding carboxylic acids is 2. The first-order chi connectivity index (χ1) is 9.99. The van der Waals surface area contributed by atoms with Crippen LogP contribution in [0.15, 0.2) is 30.3 Å². The molecule has 8 nitrogen and oxygen atoms in total. The van der Waals surface area contributed by atoms with E-state index in [1.54, 1.807) is 30.3 Å². The fourth-order valence-corrected chi connectivity index (χ4v) is 1.64. The highest BCUT2D eigenvalue weighted by molar-refractivity contribution is 5.76. The van der Waals surface area contributed by atoms with Crippen LogP contribution in [0.25, 0.3) is 0 Å². The first-order valence-corrected chi connectivity index (χ1v) is 6.22. The van der Waals surface area contributed by atoms with E-state index >= 15 is 0 Å². The average Bonchev–Trinajstić information content (AvgIpc) is 2.43. The minimum Gasteiger partial charge on any atom is -0.481 e. The maximum absolute atomic E-state index is 11.7. The second-order valence-electron chi connectivity index (χ2n) is 4.13. The van der Waals surface area contributed by atoms with E-state index < -0.39 is 24.1 Å². The molecule has 114 valence electrons. The lowest BCUT2D eigenvalue weighted by molar-refractivity contribution is -0.137. The van der Waals surface area contributed by atoms with Crippen molar-refractivity contribution in [2.75, 3.05) is 13.2 Å². The van der Waals surface area contributed by atoms with Crippen molar-refractivity contribution in [1.82, 2.24) is 10.6 Å². The standard InChI is InChI=1S/C13H17N3O5/c14-12(19)21-7-6-15-13(20)16-10(8-11(17)18)9-4-2-1-3-5-9/h1-5,10H,6-8H2,(H2,14,19)(H,17,18)(H2,15,16,20). The maximum atomic E-state index is 11.7. The van der Waals surface area contributed by atoms with Crippen molar-refractivity contribution in [3.8, 4) is 0 Å². The van der Waals surface area contributed by atoms with E-state index in [1.807, 2.05) is 0 Å². The van der Waals surface area contributed by atoms with E-state index in [0.29, 0.717) is 5.56 Å². The molecule has 0 radical (unpaired) electrons. The molecule has 0 spiro atoms. The molecule has 0 aliphatic carbocycles. The highest BCUT2D eigenvalue weighted by atomic mass is 16.5. The molecule has 1 rings (SSSR count). The summed E-state index contributed by atoms with van der Waals surface area (Å²) in [5.41, 5.74) is 5.45. The van der Waals surface area contributed by atoms with Crippen molar-refractivity contribution in [2.24, 2.45) is 5.73 Å². The predicted molar refractivity (Wildman–Crippen MR) is 73.5 cm³/mol. The zero-order chi connectivity index (χ0) is 15.7. The Kier molecular flexibility index (Phi) is 6.52. The summed E-state index contributed by atoms with van der Waals surface area (Å²) in [5, 5.41) is 13.9. The molecule has 8 heteroatoms. The molecular formula is C13H17N3O5. The monoisotopic (exact) mass is 295 g/mol. The summed E-state index contributed by atoms with van der Waals surface area (Å²) in [6.07, 6.45) is -1.17. The molecule has 1 aromatic carbocycles. The Bertz CT molecular complexity index is 492. The van der Waals surface area contributed by atoms with Gasteiger partial charge < -0.3 is 26.2 Å². The number of hydrogen-bond acceptors (Lipinski definition) is 4. The number of ether oxygens (including phenoxy) is 1. The highest BCUT2D eigenvalue weighted by Crippen LogP contribution is 2.16. The molecule has 0 aliphatic heterocycles. The molecule has 0 saturated carbocycles. The second-order valence-corrected chi connectivity index (χ2v) is 4.13. The van der Waals surface area contributed by atoms with Crippen LogP contribution in [0.2, 0.25) is 0 Å². The number of carboxylic acid groups (broad SMARTS) is 1. The van der Waals surface area contributed by atoms with Gasteiger partial charge >= 0.3 is 18.1 Å². The number of nitrogens with two attached hydrogens (primary N) is 1. The van der Waals surface area contributed by atoms with Gasteiger partial charge in [0.15, 0.2) is 0 Å². The first-order valence-electron chi connectivity index (χ1n) is 6.22. The van der Waals surface area contributed by atoms with E-state index in [0.717, 1.165) is 0 Å². The first kappa shape index (κ1) is 16.3. The van der Waals surface area contributed by atoms with Crippen LogP contribution in [0.4, 0.5) is 9.59 Å². The van der Waals surface area contributed by atoms with E-state index in [2.05, 4.69) is 15.4 Å². The summed E-state index contributed by atoms with van der Waals surface area (Å²) < 4.78 is 4.45. The van der Waals surface area contributed by atoms with Crippen molar-refractivity contribution in [3.05, 3.63) is 35.9 Å². The number of carbonyl (C=O) groups is 3. The third-order valence-electron chi connectivity index (χ3n) is 2.52. The third-order valence-corrected chi connectivity index (χ3v) is 2.52. The van der Waals surface area contributed by atoms with Gasteiger partial charge in [0.05, 0.1) is 19.0 Å². The van der Waals surface area contributed by atoms with Crippen LogP contribution >= 0.6 is 0 Å². The van der Waals surface area contributed by atoms with Crippen LogP contribution in [0.3, 0.4) is 0 Å². The highest BCUT2D eigenvalue weighted by Gasteiger charge is 2.17. The zero-order valence-electron chi connectivity index (χ0n) is 11.2. The largest absolute Gasteiger partial charge is 0.481 e. The normalized spacial score (nSPS) is 11.2. The van der Waals surface area contributed by atoms with Crippen LogP contribution in [-0.4, -0.2) is 36.4 Å². The van der Waals surface area contributed by atoms with Gasteiger partial charge in [0.1, 0.15) is 6.61 Å². The molecule has 21 heavy (non-hydrogen) atoms. The van der Waals surface area contributed by atoms with Crippen molar-refractivity contribution < 1.29 is 24.2 Å². The summed E-state index contributed by atoms with van der Waals surface area (Å²) in [6.45, 7) is 0.0149. The van der Waals surface area contributed by atoms with Crippen molar-refractivity contribution in [1.29, 1.82) is 0 Å². The van der Waals surface area contributed by atoms with E-state index in [1.165, 1.54) is 0 Å². The molecule has 1 aromatic rings. The van der Waals surface area contributed by atoms with E-state index in [-0.39, 0.29) is 19.6 Å². The quantitative estimate of drug-likeness (QED) is 0.547. The molecule has 0 fully saturated rings. The number of carboxylic acids is 1. The number of primary amides is 1. The Morgan fingerprint density at radius 3 is 2.48 bits per heavy atom. The molecule has 1 unspecified atom stereocenters. The fourth-order valence-electron chi connectivity index (χ4n) is 1.64. The Hall–Kier alpha value is -2.77. The van der Waals surface area contributed by atoms with Gasteiger partial charge in [-0.1, -0.05) is 30.3 Å². The van der Waals surface area contributed by atoms with Gasteiger partial charge in [0, 0.05) is 0 Å². The molecular weight excluding hydrogens is 278 g/mol. The lowest BCUT2D eigenvalue weighted by Gasteiger charge is -2.17. The van der Waals surface area contributed by atoms with Crippen LogP contribution in [-0.2, 0) is 9.53 Å². The van der Waals surface area contributed by atoms with Crippen LogP contribution < -0.4 is 16.4 Å². The number of urea groups is 1. The Morgan fingerprint density at radius 1 is 1.24 bits per heavy atom. The van der Waals surface area contributed by atoms with Gasteiger partial charge in [-0.15, -0.1) is 0 Å². The van der Waals surface area contributed by atoms with Gasteiger partial charge in [-0.25, -0.2) is 9.59 Å². The fraction of sp³-hybridized carbons (Fsp3) is 0.308. The molecule has 0 aromatic heterocycles. The number of hydrogen-bond donors (Lipinski definition) is 4. The lowest BCUT2D eigenvalue weighted by Crippen LogP contribution is -2.40. The summed E-state index contributed by atoms with van der Waals surface area (Å²) in [4.78, 5) is 32.9. The lowest BCUT2D eigenvalue weighted by atomic mass is 10.0. The van der Waals surface area contributed by atoms with Crippen LogP contribution in [0.5, 0.6) is 0 Å². The Labute approximate surface area is 121 Å². The van der Waals surface area contributed by atoms with Gasteiger partial charge in [-0.05, 0) is 5.56 Å². The smallest absolute Gasteiger partial charge is 0.404 e. The topological polar surface area (TPSA) is 131 Å². The number of benzene rings is 1. The summed E-state index contributed by atoms with van der Waals surface area (Å²) in [7, 11) is 0. The maximum Gasteiger partial charge on any atom is 0.404 e. The van der Waals surface area contributed by atoms with E-state index in [4.69, 9.17) is 10.8 Å². The van der Waals surface area contributed by atoms with Crippen molar-refractivity contribution in [3.63, 3.8) is 0 Å². The molecule has 0 heterocycles. The molecule has 5 N–H and O–H groups in total. The van der Waals surface area contributed by atoms with E-state index in [9.17, 15) is 14.4 Å². The number of rotatable bonds is 7. The molecule has 0 aliphatic rings. The van der Waals surface area contributed by atoms with Gasteiger partial charge in [-0.2, -0.15) is 0 Å². The molecule has 1 atom stereocenters. The average molecular weight is 295 g/mol. The second kappa shape index (κ2) is 8.41. The minimum absolute atomic E-state index is 0.0578. The molecule has 0 saturated heterocycles.